The molecule has 5 rings (SSSR count). The highest BCUT2D eigenvalue weighted by atomic mass is 16.5. The average Bonchev–Trinajstić information content (AvgIpc) is 3.42. The minimum atomic E-state index is -0.541. The number of aromatic nitrogens is 3. The maximum Gasteiger partial charge on any atom is 0.434 e. The molecule has 1 unspecified atom stereocenters. The van der Waals surface area contributed by atoms with Crippen LogP contribution in [0.1, 0.15) is 35.7 Å². The zero-order valence-electron chi connectivity index (χ0n) is 14.9. The van der Waals surface area contributed by atoms with Crippen molar-refractivity contribution in [1.82, 2.24) is 20.1 Å². The van der Waals surface area contributed by atoms with Crippen molar-refractivity contribution in [1.29, 1.82) is 0 Å². The molecule has 0 amide bonds. The van der Waals surface area contributed by atoms with E-state index in [1.165, 1.54) is 17.5 Å². The third kappa shape index (κ3) is 3.14. The fourth-order valence-electron chi connectivity index (χ4n) is 3.97. The largest absolute Gasteiger partial charge is 0.491 e. The van der Waals surface area contributed by atoms with Crippen molar-refractivity contribution in [3.05, 3.63) is 63.9 Å². The molecular weight excluding hydrogens is 344 g/mol. The zero-order valence-corrected chi connectivity index (χ0v) is 14.9. The van der Waals surface area contributed by atoms with Crippen LogP contribution in [-0.4, -0.2) is 33.2 Å². The number of rotatable bonds is 4. The van der Waals surface area contributed by atoms with Crippen molar-refractivity contribution in [2.24, 2.45) is 0 Å². The van der Waals surface area contributed by atoms with E-state index in [-0.39, 0.29) is 0 Å². The molecule has 0 aliphatic carbocycles. The first-order chi connectivity index (χ1) is 13.3. The van der Waals surface area contributed by atoms with Crippen LogP contribution in [0.15, 0.2) is 45.7 Å². The van der Waals surface area contributed by atoms with E-state index >= 15 is 0 Å². The number of hydrogen-bond acceptors (Lipinski definition) is 6. The maximum absolute atomic E-state index is 11.1. The minimum absolute atomic E-state index is 0.315. The van der Waals surface area contributed by atoms with Crippen LogP contribution < -0.4 is 10.5 Å². The van der Waals surface area contributed by atoms with Crippen LogP contribution in [0.5, 0.6) is 5.75 Å². The standard InChI is InChI=1S/C20H20N4O3/c25-20-23-22-19(27-20)14-5-3-13(4-6-14)12-24-8-1-2-17(24)15-10-18-16(21-11-15)7-9-26-18/h3-6,10-11,17H,1-2,7-9,12H2,(H,23,25). The van der Waals surface area contributed by atoms with Crippen LogP contribution in [-0.2, 0) is 13.0 Å². The lowest BCUT2D eigenvalue weighted by Crippen LogP contribution is -2.22. The summed E-state index contributed by atoms with van der Waals surface area (Å²) in [5, 5.41) is 6.15. The number of aromatic amines is 1. The van der Waals surface area contributed by atoms with Gasteiger partial charge in [-0.1, -0.05) is 12.1 Å². The molecule has 0 spiro atoms. The number of benzene rings is 1. The summed E-state index contributed by atoms with van der Waals surface area (Å²) >= 11 is 0. The van der Waals surface area contributed by atoms with Crippen LogP contribution in [0.3, 0.4) is 0 Å². The topological polar surface area (TPSA) is 84.2 Å². The Hall–Kier alpha value is -2.93. The first-order valence-electron chi connectivity index (χ1n) is 9.27. The Bertz CT molecular complexity index is 1010. The molecule has 1 saturated heterocycles. The lowest BCUT2D eigenvalue weighted by Gasteiger charge is -2.25. The fourth-order valence-corrected chi connectivity index (χ4v) is 3.97. The van der Waals surface area contributed by atoms with E-state index < -0.39 is 5.76 Å². The first-order valence-corrected chi connectivity index (χ1v) is 9.27. The summed E-state index contributed by atoms with van der Waals surface area (Å²) in [6.07, 6.45) is 5.24. The Morgan fingerprint density at radius 2 is 2.15 bits per heavy atom. The molecule has 0 bridgehead atoms. The van der Waals surface area contributed by atoms with Crippen molar-refractivity contribution in [3.63, 3.8) is 0 Å². The van der Waals surface area contributed by atoms with Crippen LogP contribution in [0.4, 0.5) is 0 Å². The van der Waals surface area contributed by atoms with E-state index in [1.807, 2.05) is 18.3 Å². The van der Waals surface area contributed by atoms with Crippen molar-refractivity contribution in [2.75, 3.05) is 13.2 Å². The number of nitrogens with zero attached hydrogens (tertiary/aromatic N) is 3. The van der Waals surface area contributed by atoms with Gasteiger partial charge in [0.2, 0.25) is 5.89 Å². The van der Waals surface area contributed by atoms with Gasteiger partial charge < -0.3 is 9.15 Å². The van der Waals surface area contributed by atoms with Crippen LogP contribution in [0.2, 0.25) is 0 Å². The van der Waals surface area contributed by atoms with E-state index in [9.17, 15) is 4.79 Å². The molecule has 27 heavy (non-hydrogen) atoms. The van der Waals surface area contributed by atoms with Gasteiger partial charge in [-0.25, -0.2) is 9.89 Å². The quantitative estimate of drug-likeness (QED) is 0.766. The third-order valence-electron chi connectivity index (χ3n) is 5.32. The summed E-state index contributed by atoms with van der Waals surface area (Å²) in [7, 11) is 0. The van der Waals surface area contributed by atoms with Crippen LogP contribution >= 0.6 is 0 Å². The Labute approximate surface area is 156 Å². The second kappa shape index (κ2) is 6.66. The van der Waals surface area contributed by atoms with Crippen LogP contribution in [0.25, 0.3) is 11.5 Å². The van der Waals surface area contributed by atoms with E-state index in [2.05, 4.69) is 38.3 Å². The molecule has 2 aliphatic rings. The predicted octanol–water partition coefficient (Wildman–Crippen LogP) is 2.70. The first kappa shape index (κ1) is 16.3. The summed E-state index contributed by atoms with van der Waals surface area (Å²) in [6.45, 7) is 2.68. The van der Waals surface area contributed by atoms with Gasteiger partial charge in [0.15, 0.2) is 0 Å². The molecule has 0 radical (unpaired) electrons. The molecule has 7 heteroatoms. The van der Waals surface area contributed by atoms with Gasteiger partial charge in [-0.15, -0.1) is 5.10 Å². The molecule has 4 heterocycles. The van der Waals surface area contributed by atoms with Gasteiger partial charge in [-0.2, -0.15) is 0 Å². The summed E-state index contributed by atoms with van der Waals surface area (Å²) in [5.41, 5.74) is 4.32. The molecule has 3 aromatic rings. The normalized spacial score (nSPS) is 19.2. The molecule has 0 saturated carbocycles. The number of H-pyrrole nitrogens is 1. The van der Waals surface area contributed by atoms with E-state index in [4.69, 9.17) is 9.15 Å². The maximum atomic E-state index is 11.1. The monoisotopic (exact) mass is 364 g/mol. The van der Waals surface area contributed by atoms with Gasteiger partial charge in [0.1, 0.15) is 5.75 Å². The molecule has 7 nitrogen and oxygen atoms in total. The molecule has 1 N–H and O–H groups in total. The second-order valence-corrected chi connectivity index (χ2v) is 7.06. The van der Waals surface area contributed by atoms with Gasteiger partial charge in [0.05, 0.1) is 12.3 Å². The lowest BCUT2D eigenvalue weighted by atomic mass is 10.0. The molecule has 1 atom stereocenters. The Morgan fingerprint density at radius 3 is 2.96 bits per heavy atom. The van der Waals surface area contributed by atoms with Crippen molar-refractivity contribution < 1.29 is 9.15 Å². The SMILES string of the molecule is O=c1[nH]nc(-c2ccc(CN3CCCC3c3cnc4c(c3)OCC4)cc2)o1. The molecule has 2 aliphatic heterocycles. The summed E-state index contributed by atoms with van der Waals surface area (Å²) < 4.78 is 10.7. The number of likely N-dealkylation sites (tertiary alicyclic amines) is 1. The molecule has 1 aromatic carbocycles. The smallest absolute Gasteiger partial charge is 0.434 e. The highest BCUT2D eigenvalue weighted by Crippen LogP contribution is 2.36. The molecular formula is C20H20N4O3. The molecule has 138 valence electrons. The van der Waals surface area contributed by atoms with Gasteiger partial charge in [-0.05, 0) is 48.7 Å². The van der Waals surface area contributed by atoms with Gasteiger partial charge >= 0.3 is 5.76 Å². The van der Waals surface area contributed by atoms with Crippen molar-refractivity contribution >= 4 is 0 Å². The number of pyridine rings is 1. The Balaban J connectivity index is 1.33. The summed E-state index contributed by atoms with van der Waals surface area (Å²) in [5.74, 6) is 0.722. The van der Waals surface area contributed by atoms with E-state index in [1.54, 1.807) is 0 Å². The van der Waals surface area contributed by atoms with Gasteiger partial charge in [0.25, 0.3) is 0 Å². The van der Waals surface area contributed by atoms with E-state index in [0.717, 1.165) is 49.5 Å². The predicted molar refractivity (Wildman–Crippen MR) is 98.4 cm³/mol. The number of nitrogens with one attached hydrogen (secondary N) is 1. The van der Waals surface area contributed by atoms with Crippen LogP contribution in [0, 0.1) is 0 Å². The van der Waals surface area contributed by atoms with Crippen molar-refractivity contribution in [2.45, 2.75) is 31.8 Å². The third-order valence-corrected chi connectivity index (χ3v) is 5.32. The highest BCUT2D eigenvalue weighted by Gasteiger charge is 2.27. The average molecular weight is 364 g/mol. The second-order valence-electron chi connectivity index (χ2n) is 7.06. The van der Waals surface area contributed by atoms with Gasteiger partial charge in [-0.3, -0.25) is 9.88 Å². The Morgan fingerprint density at radius 1 is 1.26 bits per heavy atom. The molecule has 2 aromatic heterocycles. The highest BCUT2D eigenvalue weighted by molar-refractivity contribution is 5.52. The zero-order chi connectivity index (χ0) is 18.2. The molecule has 1 fully saturated rings. The van der Waals surface area contributed by atoms with Crippen molar-refractivity contribution in [3.8, 4) is 17.2 Å². The fraction of sp³-hybridized carbons (Fsp3) is 0.350. The number of ether oxygens (including phenoxy) is 1. The van der Waals surface area contributed by atoms with E-state index in [0.29, 0.717) is 11.9 Å². The minimum Gasteiger partial charge on any atom is -0.491 e. The summed E-state index contributed by atoms with van der Waals surface area (Å²) in [6, 6.07) is 10.5. The number of fused-ring (bicyclic) bond motifs is 1. The Kier molecular flexibility index (Phi) is 4.01. The lowest BCUT2D eigenvalue weighted by molar-refractivity contribution is 0.247. The number of hydrogen-bond donors (Lipinski definition) is 1. The summed E-state index contributed by atoms with van der Waals surface area (Å²) in [4.78, 5) is 18.2. The van der Waals surface area contributed by atoms with Gasteiger partial charge in [0, 0.05) is 30.8 Å².